The van der Waals surface area contributed by atoms with Crippen LogP contribution in [0.1, 0.15) is 51.6 Å². The largest absolute Gasteiger partial charge is 0.391 e. The van der Waals surface area contributed by atoms with Crippen LogP contribution in [-0.2, 0) is 0 Å². The molecule has 0 spiro atoms. The molecule has 1 aromatic rings. The molecule has 0 aliphatic heterocycles. The maximum Gasteiger partial charge on any atom is 0.0733 e. The normalized spacial score (nSPS) is 36.1. The standard InChI is InChI=1S/C20H29NOS/c1-5-9-16(14-10-7-6-8-11-14)21-23-17-15-12-13-20(4,18(17)22)19(15,2)3/h5-8,10-11,15-18,21-22H,1,9,12-13H2,2-4H3/t15-,16+,17-,18-,20+/m1/s1. The summed E-state index contributed by atoms with van der Waals surface area (Å²) >= 11 is 1.75. The minimum absolute atomic E-state index is 0.0533. The van der Waals surface area contributed by atoms with Crippen molar-refractivity contribution in [3.8, 4) is 0 Å². The van der Waals surface area contributed by atoms with Crippen molar-refractivity contribution < 1.29 is 5.11 Å². The topological polar surface area (TPSA) is 32.3 Å². The molecule has 3 heteroatoms. The van der Waals surface area contributed by atoms with Crippen LogP contribution in [0.25, 0.3) is 0 Å². The van der Waals surface area contributed by atoms with E-state index in [1.54, 1.807) is 11.9 Å². The Morgan fingerprint density at radius 3 is 2.61 bits per heavy atom. The Balaban J connectivity index is 1.71. The molecule has 5 atom stereocenters. The van der Waals surface area contributed by atoms with Gasteiger partial charge in [-0.1, -0.05) is 69.1 Å². The molecule has 0 amide bonds. The van der Waals surface area contributed by atoms with Crippen LogP contribution in [-0.4, -0.2) is 16.5 Å². The van der Waals surface area contributed by atoms with Crippen LogP contribution in [0.4, 0.5) is 0 Å². The van der Waals surface area contributed by atoms with Gasteiger partial charge in [-0.15, -0.1) is 6.58 Å². The zero-order chi connectivity index (χ0) is 16.7. The van der Waals surface area contributed by atoms with Crippen LogP contribution in [0.15, 0.2) is 43.0 Å². The molecule has 2 aliphatic rings. The first-order valence-corrected chi connectivity index (χ1v) is 9.55. The Bertz CT molecular complexity index is 558. The summed E-state index contributed by atoms with van der Waals surface area (Å²) < 4.78 is 3.63. The second kappa shape index (κ2) is 6.27. The number of hydrogen-bond acceptors (Lipinski definition) is 3. The average molecular weight is 332 g/mol. The summed E-state index contributed by atoms with van der Waals surface area (Å²) in [6, 6.07) is 10.8. The molecule has 1 aromatic carbocycles. The number of aliphatic hydroxyl groups is 1. The molecule has 23 heavy (non-hydrogen) atoms. The van der Waals surface area contributed by atoms with Crippen LogP contribution < -0.4 is 4.72 Å². The quantitative estimate of drug-likeness (QED) is 0.584. The van der Waals surface area contributed by atoms with Crippen molar-refractivity contribution in [2.24, 2.45) is 16.7 Å². The van der Waals surface area contributed by atoms with Crippen LogP contribution in [0, 0.1) is 16.7 Å². The lowest BCUT2D eigenvalue weighted by molar-refractivity contribution is 0.0147. The minimum Gasteiger partial charge on any atom is -0.391 e. The van der Waals surface area contributed by atoms with E-state index in [0.717, 1.165) is 12.8 Å². The molecule has 0 saturated heterocycles. The molecule has 2 fully saturated rings. The highest BCUT2D eigenvalue weighted by Gasteiger charge is 2.66. The summed E-state index contributed by atoms with van der Waals surface area (Å²) in [5.41, 5.74) is 1.55. The highest BCUT2D eigenvalue weighted by molar-refractivity contribution is 7.98. The van der Waals surface area contributed by atoms with Crippen LogP contribution in [0.3, 0.4) is 0 Å². The first kappa shape index (κ1) is 17.1. The van der Waals surface area contributed by atoms with Gasteiger partial charge in [0, 0.05) is 16.7 Å². The smallest absolute Gasteiger partial charge is 0.0733 e. The SMILES string of the molecule is C=CC[C@H](NS[C@@H]1[C@H]2CC[C@@](C)([C@@H]1O)C2(C)C)c1ccccc1. The van der Waals surface area contributed by atoms with Gasteiger partial charge in [-0.3, -0.25) is 4.72 Å². The molecule has 2 aliphatic carbocycles. The molecule has 2 saturated carbocycles. The third-order valence-corrected chi connectivity index (χ3v) is 7.96. The van der Waals surface area contributed by atoms with Gasteiger partial charge >= 0.3 is 0 Å². The van der Waals surface area contributed by atoms with Gasteiger partial charge in [-0.25, -0.2) is 0 Å². The first-order valence-electron chi connectivity index (χ1n) is 8.67. The van der Waals surface area contributed by atoms with Crippen molar-refractivity contribution in [1.29, 1.82) is 0 Å². The predicted octanol–water partition coefficient (Wildman–Crippen LogP) is 4.73. The van der Waals surface area contributed by atoms with E-state index < -0.39 is 0 Å². The van der Waals surface area contributed by atoms with E-state index in [-0.39, 0.29) is 28.2 Å². The third kappa shape index (κ3) is 2.67. The average Bonchev–Trinajstić information content (AvgIpc) is 2.85. The number of hydrogen-bond donors (Lipinski definition) is 2. The number of fused-ring (bicyclic) bond motifs is 2. The molecule has 0 unspecified atom stereocenters. The van der Waals surface area contributed by atoms with Crippen molar-refractivity contribution >= 4 is 11.9 Å². The molecule has 126 valence electrons. The minimum atomic E-state index is -0.228. The molecule has 0 radical (unpaired) electrons. The van der Waals surface area contributed by atoms with Crippen molar-refractivity contribution in [3.05, 3.63) is 48.6 Å². The van der Waals surface area contributed by atoms with Gasteiger partial charge in [0.15, 0.2) is 0 Å². The molecule has 2 bridgehead atoms. The summed E-state index contributed by atoms with van der Waals surface area (Å²) in [6.45, 7) is 10.8. The van der Waals surface area contributed by atoms with E-state index in [1.807, 2.05) is 12.1 Å². The van der Waals surface area contributed by atoms with Gasteiger partial charge in [0.1, 0.15) is 0 Å². The summed E-state index contributed by atoms with van der Waals surface area (Å²) in [5, 5.41) is 11.2. The second-order valence-corrected chi connectivity index (χ2v) is 8.93. The summed E-state index contributed by atoms with van der Waals surface area (Å²) in [5.74, 6) is 0.583. The lowest BCUT2D eigenvalue weighted by Gasteiger charge is -2.37. The van der Waals surface area contributed by atoms with Crippen LogP contribution in [0.5, 0.6) is 0 Å². The molecule has 2 N–H and O–H groups in total. The Morgan fingerprint density at radius 2 is 2.04 bits per heavy atom. The highest BCUT2D eigenvalue weighted by Crippen LogP contribution is 2.67. The maximum atomic E-state index is 10.9. The molecule has 3 rings (SSSR count). The van der Waals surface area contributed by atoms with Crippen LogP contribution in [0.2, 0.25) is 0 Å². The molecule has 0 heterocycles. The van der Waals surface area contributed by atoms with Crippen molar-refractivity contribution in [2.45, 2.75) is 57.4 Å². The van der Waals surface area contributed by atoms with E-state index in [4.69, 9.17) is 0 Å². The van der Waals surface area contributed by atoms with E-state index in [2.05, 4.69) is 56.3 Å². The van der Waals surface area contributed by atoms with Gasteiger partial charge in [0.25, 0.3) is 0 Å². The maximum absolute atomic E-state index is 10.9. The molecule has 0 aromatic heterocycles. The van der Waals surface area contributed by atoms with E-state index in [9.17, 15) is 5.11 Å². The lowest BCUT2D eigenvalue weighted by atomic mass is 9.70. The second-order valence-electron chi connectivity index (χ2n) is 7.92. The van der Waals surface area contributed by atoms with E-state index in [1.165, 1.54) is 12.0 Å². The Kier molecular flexibility index (Phi) is 4.65. The summed E-state index contributed by atoms with van der Waals surface area (Å²) in [6.07, 6.45) is 5.02. The third-order valence-electron chi connectivity index (χ3n) is 6.68. The van der Waals surface area contributed by atoms with Gasteiger partial charge in [-0.2, -0.15) is 0 Å². The summed E-state index contributed by atoms with van der Waals surface area (Å²) in [7, 11) is 0. The summed E-state index contributed by atoms with van der Waals surface area (Å²) in [4.78, 5) is 0. The van der Waals surface area contributed by atoms with Crippen molar-refractivity contribution in [3.63, 3.8) is 0 Å². The fraction of sp³-hybridized carbons (Fsp3) is 0.600. The highest BCUT2D eigenvalue weighted by atomic mass is 32.2. The number of aliphatic hydroxyl groups excluding tert-OH is 1. The predicted molar refractivity (Wildman–Crippen MR) is 99.1 cm³/mol. The Morgan fingerprint density at radius 1 is 1.35 bits per heavy atom. The van der Waals surface area contributed by atoms with E-state index in [0.29, 0.717) is 5.92 Å². The Hall–Kier alpha value is -0.770. The van der Waals surface area contributed by atoms with Gasteiger partial charge in [-0.05, 0) is 36.2 Å². The van der Waals surface area contributed by atoms with Gasteiger partial charge in [0.2, 0.25) is 0 Å². The number of rotatable bonds is 6. The van der Waals surface area contributed by atoms with Crippen LogP contribution >= 0.6 is 11.9 Å². The number of nitrogens with one attached hydrogen (secondary N) is 1. The van der Waals surface area contributed by atoms with E-state index >= 15 is 0 Å². The molecule has 2 nitrogen and oxygen atoms in total. The zero-order valence-corrected chi connectivity index (χ0v) is 15.3. The molecular formula is C20H29NOS. The fourth-order valence-corrected chi connectivity index (χ4v) is 6.28. The number of benzene rings is 1. The Labute approximate surface area is 144 Å². The van der Waals surface area contributed by atoms with Gasteiger partial charge in [0.05, 0.1) is 6.10 Å². The zero-order valence-electron chi connectivity index (χ0n) is 14.5. The first-order chi connectivity index (χ1) is 10.9. The lowest BCUT2D eigenvalue weighted by Crippen LogP contribution is -2.39. The molecular weight excluding hydrogens is 302 g/mol. The van der Waals surface area contributed by atoms with Gasteiger partial charge < -0.3 is 5.11 Å². The van der Waals surface area contributed by atoms with Crippen molar-refractivity contribution in [1.82, 2.24) is 4.72 Å². The van der Waals surface area contributed by atoms with Crippen molar-refractivity contribution in [2.75, 3.05) is 0 Å². The monoisotopic (exact) mass is 331 g/mol. The fourth-order valence-electron chi connectivity index (χ4n) is 4.66.